The molecule has 206 valence electrons. The molecule has 2 fully saturated rings. The van der Waals surface area contributed by atoms with Gasteiger partial charge in [0.25, 0.3) is 17.1 Å². The number of benzene rings is 2. The van der Waals surface area contributed by atoms with Crippen LogP contribution in [0.25, 0.3) is 6.08 Å². The number of carbonyl (C=O) groups excluding carboxylic acids is 3. The number of pyridine rings is 1. The van der Waals surface area contributed by atoms with E-state index in [4.69, 9.17) is 0 Å². The van der Waals surface area contributed by atoms with Crippen LogP contribution < -0.4 is 10.2 Å². The molecule has 10 nitrogen and oxygen atoms in total. The number of rotatable bonds is 8. The zero-order chi connectivity index (χ0) is 28.1. The number of anilines is 1. The largest absolute Gasteiger partial charge is 0.369 e. The van der Waals surface area contributed by atoms with Crippen molar-refractivity contribution in [3.05, 3.63) is 95.2 Å². The van der Waals surface area contributed by atoms with E-state index in [1.54, 1.807) is 30.6 Å². The van der Waals surface area contributed by atoms with E-state index in [0.717, 1.165) is 22.3 Å². The Morgan fingerprint density at radius 1 is 0.975 bits per heavy atom. The molecule has 2 saturated heterocycles. The van der Waals surface area contributed by atoms with Crippen LogP contribution >= 0.6 is 11.8 Å². The molecule has 0 atom stereocenters. The minimum atomic E-state index is -3.79. The minimum Gasteiger partial charge on any atom is -0.369 e. The predicted molar refractivity (Wildman–Crippen MR) is 153 cm³/mol. The third kappa shape index (κ3) is 6.09. The molecule has 0 bridgehead atoms. The van der Waals surface area contributed by atoms with Crippen molar-refractivity contribution in [3.8, 4) is 0 Å². The average Bonchev–Trinajstić information content (AvgIpc) is 3.25. The Morgan fingerprint density at radius 2 is 1.75 bits per heavy atom. The van der Waals surface area contributed by atoms with E-state index in [-0.39, 0.29) is 28.5 Å². The molecule has 0 radical (unpaired) electrons. The first-order valence-electron chi connectivity index (χ1n) is 12.7. The second-order valence-electron chi connectivity index (χ2n) is 9.13. The van der Waals surface area contributed by atoms with Gasteiger partial charge in [-0.1, -0.05) is 30.3 Å². The molecular weight excluding hydrogens is 550 g/mol. The van der Waals surface area contributed by atoms with Gasteiger partial charge < -0.3 is 10.2 Å². The van der Waals surface area contributed by atoms with Crippen LogP contribution in [0, 0.1) is 0 Å². The van der Waals surface area contributed by atoms with Crippen LogP contribution in [-0.2, 0) is 14.8 Å². The normalized spacial score (nSPS) is 17.4. The maximum atomic E-state index is 13.3. The summed E-state index contributed by atoms with van der Waals surface area (Å²) in [4.78, 5) is 45.4. The van der Waals surface area contributed by atoms with E-state index < -0.39 is 27.1 Å². The van der Waals surface area contributed by atoms with Crippen molar-refractivity contribution in [1.82, 2.24) is 19.5 Å². The Hall–Kier alpha value is -4.00. The summed E-state index contributed by atoms with van der Waals surface area (Å²) in [6.07, 6.45) is 4.81. The van der Waals surface area contributed by atoms with Gasteiger partial charge in [0, 0.05) is 62.9 Å². The number of hydrogen-bond donors (Lipinski definition) is 1. The molecule has 12 heteroatoms. The van der Waals surface area contributed by atoms with Crippen LogP contribution in [0.4, 0.5) is 10.5 Å². The summed E-state index contributed by atoms with van der Waals surface area (Å²) < 4.78 is 28.1. The Bertz CT molecular complexity index is 1540. The summed E-state index contributed by atoms with van der Waals surface area (Å²) in [6.45, 7) is 1.81. The summed E-state index contributed by atoms with van der Waals surface area (Å²) in [5, 5.41) is 2.25. The Balaban J connectivity index is 1.17. The van der Waals surface area contributed by atoms with E-state index in [2.05, 4.69) is 15.2 Å². The van der Waals surface area contributed by atoms with Gasteiger partial charge in [-0.05, 0) is 59.8 Å². The fourth-order valence-electron chi connectivity index (χ4n) is 4.46. The molecule has 2 aromatic carbocycles. The lowest BCUT2D eigenvalue weighted by molar-refractivity contribution is -0.122. The first-order valence-corrected chi connectivity index (χ1v) is 14.9. The number of imide groups is 1. The topological polar surface area (TPSA) is 120 Å². The number of thioether (sulfide) groups is 1. The maximum absolute atomic E-state index is 13.3. The van der Waals surface area contributed by atoms with Crippen LogP contribution in [0.3, 0.4) is 0 Å². The zero-order valence-electron chi connectivity index (χ0n) is 21.5. The van der Waals surface area contributed by atoms with E-state index in [1.807, 2.05) is 30.3 Å². The molecule has 5 rings (SSSR count). The standard InChI is InChI=1S/C28H27N5O5S2/c34-26(30-12-13-33-27(35)25(39-28(33)36)18-21-6-5-11-29-20-21)22-7-4-10-24(19-22)40(37,38)32-16-14-31(15-17-32)23-8-2-1-3-9-23/h1-11,18-20H,12-17H2,(H,30,34). The van der Waals surface area contributed by atoms with Gasteiger partial charge in [0.15, 0.2) is 0 Å². The predicted octanol–water partition coefficient (Wildman–Crippen LogP) is 3.06. The van der Waals surface area contributed by atoms with Gasteiger partial charge in [-0.3, -0.25) is 24.3 Å². The zero-order valence-corrected chi connectivity index (χ0v) is 23.1. The molecule has 0 aliphatic carbocycles. The minimum absolute atomic E-state index is 0.00946. The highest BCUT2D eigenvalue weighted by molar-refractivity contribution is 8.18. The Morgan fingerprint density at radius 3 is 2.48 bits per heavy atom. The first kappa shape index (κ1) is 27.6. The van der Waals surface area contributed by atoms with Crippen molar-refractivity contribution in [2.75, 3.05) is 44.2 Å². The molecule has 0 spiro atoms. The fraction of sp³-hybridized carbons (Fsp3) is 0.214. The lowest BCUT2D eigenvalue weighted by atomic mass is 10.2. The molecular formula is C28H27N5O5S2. The van der Waals surface area contributed by atoms with Crippen molar-refractivity contribution in [2.45, 2.75) is 4.90 Å². The number of nitrogens with zero attached hydrogens (tertiary/aromatic N) is 4. The number of aromatic nitrogens is 1. The summed E-state index contributed by atoms with van der Waals surface area (Å²) in [5.41, 5.74) is 1.93. The van der Waals surface area contributed by atoms with E-state index in [0.29, 0.717) is 31.7 Å². The quantitative estimate of drug-likeness (QED) is 0.406. The van der Waals surface area contributed by atoms with E-state index in [9.17, 15) is 22.8 Å². The summed E-state index contributed by atoms with van der Waals surface area (Å²) in [7, 11) is -3.79. The second kappa shape index (κ2) is 12.0. The first-order chi connectivity index (χ1) is 19.3. The second-order valence-corrected chi connectivity index (χ2v) is 12.1. The Kier molecular flexibility index (Phi) is 8.29. The number of amides is 3. The molecule has 3 aromatic rings. The third-order valence-corrected chi connectivity index (χ3v) is 9.37. The van der Waals surface area contributed by atoms with Crippen LogP contribution in [0.5, 0.6) is 0 Å². The maximum Gasteiger partial charge on any atom is 0.293 e. The van der Waals surface area contributed by atoms with Crippen LogP contribution in [0.2, 0.25) is 0 Å². The number of nitrogens with one attached hydrogen (secondary N) is 1. The van der Waals surface area contributed by atoms with Gasteiger partial charge in [0.2, 0.25) is 10.0 Å². The molecule has 1 aromatic heterocycles. The molecule has 3 heterocycles. The van der Waals surface area contributed by atoms with Gasteiger partial charge in [-0.15, -0.1) is 0 Å². The number of carbonyl (C=O) groups is 3. The molecule has 0 unspecified atom stereocenters. The summed E-state index contributed by atoms with van der Waals surface area (Å²) in [6, 6.07) is 19.2. The van der Waals surface area contributed by atoms with Crippen molar-refractivity contribution < 1.29 is 22.8 Å². The molecule has 2 aliphatic heterocycles. The third-order valence-electron chi connectivity index (χ3n) is 6.57. The van der Waals surface area contributed by atoms with E-state index >= 15 is 0 Å². The number of sulfonamides is 1. The SMILES string of the molecule is O=C(NCCN1C(=O)SC(=Cc2cccnc2)C1=O)c1cccc(S(=O)(=O)N2CCN(c3ccccc3)CC2)c1. The number of piperazine rings is 1. The fourth-order valence-corrected chi connectivity index (χ4v) is 6.79. The van der Waals surface area contributed by atoms with Crippen molar-refractivity contribution in [2.24, 2.45) is 0 Å². The van der Waals surface area contributed by atoms with Gasteiger partial charge >= 0.3 is 0 Å². The highest BCUT2D eigenvalue weighted by atomic mass is 32.2. The lowest BCUT2D eigenvalue weighted by Gasteiger charge is -2.35. The smallest absolute Gasteiger partial charge is 0.293 e. The van der Waals surface area contributed by atoms with Crippen LogP contribution in [0.15, 0.2) is 88.9 Å². The van der Waals surface area contributed by atoms with Gasteiger partial charge in [-0.25, -0.2) is 8.42 Å². The number of hydrogen-bond acceptors (Lipinski definition) is 8. The van der Waals surface area contributed by atoms with Crippen molar-refractivity contribution in [1.29, 1.82) is 0 Å². The van der Waals surface area contributed by atoms with Gasteiger partial charge in [0.05, 0.1) is 9.80 Å². The highest BCUT2D eigenvalue weighted by Gasteiger charge is 2.35. The van der Waals surface area contributed by atoms with Gasteiger partial charge in [0.1, 0.15) is 0 Å². The monoisotopic (exact) mass is 577 g/mol. The van der Waals surface area contributed by atoms with Crippen LogP contribution in [-0.4, -0.2) is 78.9 Å². The van der Waals surface area contributed by atoms with Gasteiger partial charge in [-0.2, -0.15) is 4.31 Å². The molecule has 40 heavy (non-hydrogen) atoms. The molecule has 1 N–H and O–H groups in total. The molecule has 3 amide bonds. The Labute approximate surface area is 236 Å². The van der Waals surface area contributed by atoms with E-state index in [1.165, 1.54) is 28.6 Å². The lowest BCUT2D eigenvalue weighted by Crippen LogP contribution is -2.48. The van der Waals surface area contributed by atoms with Crippen molar-refractivity contribution >= 4 is 50.6 Å². The molecule has 2 aliphatic rings. The summed E-state index contributed by atoms with van der Waals surface area (Å²) in [5.74, 6) is -0.933. The van der Waals surface area contributed by atoms with Crippen molar-refractivity contribution in [3.63, 3.8) is 0 Å². The average molecular weight is 578 g/mol. The number of para-hydroxylation sites is 1. The molecule has 0 saturated carbocycles. The highest BCUT2D eigenvalue weighted by Crippen LogP contribution is 2.31. The van der Waals surface area contributed by atoms with Crippen LogP contribution in [0.1, 0.15) is 15.9 Å². The summed E-state index contributed by atoms with van der Waals surface area (Å²) >= 11 is 0.833.